The molecule has 1 aliphatic carbocycles. The highest BCUT2D eigenvalue weighted by atomic mass is 35.5. The Morgan fingerprint density at radius 1 is 0.778 bits per heavy atom. The Bertz CT molecular complexity index is 1230. The van der Waals surface area contributed by atoms with Gasteiger partial charge in [-0.15, -0.1) is 0 Å². The Labute approximate surface area is 167 Å². The van der Waals surface area contributed by atoms with Crippen molar-refractivity contribution in [2.24, 2.45) is 0 Å². The molecular weight excluding hydrogens is 375 g/mol. The van der Waals surface area contributed by atoms with E-state index in [1.807, 2.05) is 24.3 Å². The Morgan fingerprint density at radius 3 is 2.44 bits per heavy atom. The molecule has 4 aromatic carbocycles. The highest BCUT2D eigenvalue weighted by Crippen LogP contribution is 2.43. The minimum atomic E-state index is 0.136. The van der Waals surface area contributed by atoms with Gasteiger partial charge in [0, 0.05) is 17.9 Å². The van der Waals surface area contributed by atoms with Crippen molar-refractivity contribution in [3.63, 3.8) is 0 Å². The van der Waals surface area contributed by atoms with Crippen LogP contribution in [-0.4, -0.2) is 5.78 Å². The van der Waals surface area contributed by atoms with Crippen molar-refractivity contribution in [1.82, 2.24) is 0 Å². The third-order valence-electron chi connectivity index (χ3n) is 5.62. The smallest absolute Gasteiger partial charge is 0.163 e. The van der Waals surface area contributed by atoms with Crippen LogP contribution in [0.15, 0.2) is 66.7 Å². The number of ketones is 1. The van der Waals surface area contributed by atoms with Crippen LogP contribution in [0.25, 0.3) is 21.5 Å². The molecule has 1 atom stereocenters. The van der Waals surface area contributed by atoms with Gasteiger partial charge in [-0.2, -0.15) is 0 Å². The Hall–Kier alpha value is -2.35. The van der Waals surface area contributed by atoms with Crippen molar-refractivity contribution in [1.29, 1.82) is 0 Å². The van der Waals surface area contributed by atoms with E-state index in [2.05, 4.69) is 42.5 Å². The molecule has 0 fully saturated rings. The molecule has 0 radical (unpaired) electrons. The largest absolute Gasteiger partial charge is 0.294 e. The van der Waals surface area contributed by atoms with Crippen molar-refractivity contribution < 1.29 is 4.79 Å². The van der Waals surface area contributed by atoms with Crippen molar-refractivity contribution in [3.8, 4) is 0 Å². The molecule has 0 bridgehead atoms. The zero-order valence-corrected chi connectivity index (χ0v) is 16.0. The number of halogens is 2. The molecule has 1 nitrogen and oxygen atoms in total. The maximum Gasteiger partial charge on any atom is 0.163 e. The number of rotatable bonds is 1. The quantitative estimate of drug-likeness (QED) is 0.309. The maximum absolute atomic E-state index is 12.6. The van der Waals surface area contributed by atoms with Gasteiger partial charge in [0.1, 0.15) is 0 Å². The SMILES string of the molecule is O=C1CCC(c2ccc(Cl)c(Cl)c2)c2c1ccc1c2ccc2ccccc21. The summed E-state index contributed by atoms with van der Waals surface area (Å²) in [6.07, 6.45) is 1.34. The average Bonchev–Trinajstić information content (AvgIpc) is 2.70. The molecule has 0 saturated heterocycles. The first-order chi connectivity index (χ1) is 13.1. The molecule has 3 heteroatoms. The van der Waals surface area contributed by atoms with Crippen LogP contribution in [0, 0.1) is 0 Å². The lowest BCUT2D eigenvalue weighted by atomic mass is 9.76. The van der Waals surface area contributed by atoms with Gasteiger partial charge in [0.15, 0.2) is 5.78 Å². The normalized spacial score (nSPS) is 16.7. The number of hydrogen-bond acceptors (Lipinski definition) is 1. The second kappa shape index (κ2) is 6.37. The highest BCUT2D eigenvalue weighted by Gasteiger charge is 2.29. The Morgan fingerprint density at radius 2 is 1.59 bits per heavy atom. The minimum absolute atomic E-state index is 0.136. The van der Waals surface area contributed by atoms with Gasteiger partial charge in [0.25, 0.3) is 0 Å². The Kier molecular flexibility index (Phi) is 3.96. The lowest BCUT2D eigenvalue weighted by molar-refractivity contribution is 0.0970. The summed E-state index contributed by atoms with van der Waals surface area (Å²) in [5.74, 6) is 0.355. The zero-order chi connectivity index (χ0) is 18.5. The molecule has 1 aliphatic rings. The summed E-state index contributed by atoms with van der Waals surface area (Å²) >= 11 is 12.4. The summed E-state index contributed by atoms with van der Waals surface area (Å²) in [5.41, 5.74) is 3.06. The molecule has 4 aromatic rings. The maximum atomic E-state index is 12.6. The first-order valence-corrected chi connectivity index (χ1v) is 9.81. The van der Waals surface area contributed by atoms with Gasteiger partial charge in [-0.25, -0.2) is 0 Å². The van der Waals surface area contributed by atoms with Crippen molar-refractivity contribution in [2.75, 3.05) is 0 Å². The van der Waals surface area contributed by atoms with Crippen molar-refractivity contribution in [3.05, 3.63) is 93.5 Å². The molecule has 27 heavy (non-hydrogen) atoms. The summed E-state index contributed by atoms with van der Waals surface area (Å²) in [4.78, 5) is 12.6. The van der Waals surface area contributed by atoms with Crippen LogP contribution in [0.5, 0.6) is 0 Å². The third-order valence-corrected chi connectivity index (χ3v) is 6.36. The number of Topliss-reactive ketones (excluding diaryl/α,β-unsaturated/α-hetero) is 1. The highest BCUT2D eigenvalue weighted by molar-refractivity contribution is 6.42. The van der Waals surface area contributed by atoms with E-state index >= 15 is 0 Å². The van der Waals surface area contributed by atoms with Crippen LogP contribution in [-0.2, 0) is 0 Å². The molecule has 1 unspecified atom stereocenters. The average molecular weight is 391 g/mol. The van der Waals surface area contributed by atoms with Crippen molar-refractivity contribution >= 4 is 50.5 Å². The summed E-state index contributed by atoms with van der Waals surface area (Å²) in [7, 11) is 0. The molecule has 0 heterocycles. The second-order valence-electron chi connectivity index (χ2n) is 7.10. The van der Waals surface area contributed by atoms with E-state index in [9.17, 15) is 4.79 Å². The van der Waals surface area contributed by atoms with Gasteiger partial charge in [-0.3, -0.25) is 4.79 Å². The van der Waals surface area contributed by atoms with E-state index in [4.69, 9.17) is 23.2 Å². The van der Waals surface area contributed by atoms with E-state index in [1.165, 1.54) is 16.2 Å². The number of carbonyl (C=O) groups excluding carboxylic acids is 1. The molecule has 0 aromatic heterocycles. The van der Waals surface area contributed by atoms with Crippen LogP contribution >= 0.6 is 23.2 Å². The van der Waals surface area contributed by atoms with E-state index < -0.39 is 0 Å². The topological polar surface area (TPSA) is 17.1 Å². The van der Waals surface area contributed by atoms with Crippen LogP contribution in [0.2, 0.25) is 10.0 Å². The lowest BCUT2D eigenvalue weighted by Crippen LogP contribution is -2.17. The van der Waals surface area contributed by atoms with Gasteiger partial charge >= 0.3 is 0 Å². The molecule has 0 amide bonds. The number of fused-ring (bicyclic) bond motifs is 5. The first kappa shape index (κ1) is 16.8. The van der Waals surface area contributed by atoms with Crippen LogP contribution in [0.1, 0.15) is 40.2 Å². The summed E-state index contributed by atoms with van der Waals surface area (Å²) in [6, 6.07) is 22.6. The lowest BCUT2D eigenvalue weighted by Gasteiger charge is -2.27. The van der Waals surface area contributed by atoms with Crippen LogP contribution in [0.4, 0.5) is 0 Å². The fraction of sp³-hybridized carbons (Fsp3) is 0.125. The number of benzene rings is 4. The van der Waals surface area contributed by atoms with Gasteiger partial charge in [-0.1, -0.05) is 77.8 Å². The minimum Gasteiger partial charge on any atom is -0.294 e. The van der Waals surface area contributed by atoms with E-state index in [1.54, 1.807) is 0 Å². The molecule has 0 spiro atoms. The van der Waals surface area contributed by atoms with Gasteiger partial charge < -0.3 is 0 Å². The Balaban J connectivity index is 1.83. The third kappa shape index (κ3) is 2.65. The summed E-state index contributed by atoms with van der Waals surface area (Å²) in [6.45, 7) is 0. The second-order valence-corrected chi connectivity index (χ2v) is 7.91. The van der Waals surface area contributed by atoms with Gasteiger partial charge in [0.2, 0.25) is 0 Å². The fourth-order valence-corrected chi connectivity index (χ4v) is 4.65. The first-order valence-electron chi connectivity index (χ1n) is 9.06. The molecule has 0 saturated carbocycles. The molecule has 132 valence electrons. The number of carbonyl (C=O) groups is 1. The van der Waals surface area contributed by atoms with E-state index in [-0.39, 0.29) is 11.7 Å². The van der Waals surface area contributed by atoms with Crippen molar-refractivity contribution in [2.45, 2.75) is 18.8 Å². The molecule has 0 aliphatic heterocycles. The molecule has 5 rings (SSSR count). The summed E-state index contributed by atoms with van der Waals surface area (Å²) in [5, 5.41) is 5.86. The summed E-state index contributed by atoms with van der Waals surface area (Å²) < 4.78 is 0. The number of hydrogen-bond donors (Lipinski definition) is 0. The molecule has 0 N–H and O–H groups in total. The van der Waals surface area contributed by atoms with Crippen LogP contribution in [0.3, 0.4) is 0 Å². The predicted octanol–water partition coefficient (Wildman–Crippen LogP) is 7.41. The van der Waals surface area contributed by atoms with E-state index in [0.29, 0.717) is 16.5 Å². The van der Waals surface area contributed by atoms with Gasteiger partial charge in [-0.05, 0) is 51.2 Å². The van der Waals surface area contributed by atoms with E-state index in [0.717, 1.165) is 28.5 Å². The van der Waals surface area contributed by atoms with Crippen LogP contribution < -0.4 is 0 Å². The molecular formula is C24H16Cl2O. The van der Waals surface area contributed by atoms with Gasteiger partial charge in [0.05, 0.1) is 10.0 Å². The fourth-order valence-electron chi connectivity index (χ4n) is 4.35. The predicted molar refractivity (Wildman–Crippen MR) is 113 cm³/mol. The monoisotopic (exact) mass is 390 g/mol. The zero-order valence-electron chi connectivity index (χ0n) is 14.5. The standard InChI is InChI=1S/C24H16Cl2O/c25-21-11-6-15(13-22(21)26)17-10-12-23(27)20-9-8-18-16-4-2-1-3-14(16)5-7-19(18)24(17)20/h1-9,11,13,17H,10,12H2.